The van der Waals surface area contributed by atoms with Crippen LogP contribution in [0.3, 0.4) is 0 Å². The average Bonchev–Trinajstić information content (AvgIpc) is 2.65. The maximum Gasteiger partial charge on any atom is 0.343 e. The van der Waals surface area contributed by atoms with E-state index in [1.54, 1.807) is 0 Å². The van der Waals surface area contributed by atoms with Crippen LogP contribution in [0.4, 0.5) is 0 Å². The van der Waals surface area contributed by atoms with E-state index in [4.69, 9.17) is 32.7 Å². The Morgan fingerprint density at radius 2 is 1.81 bits per heavy atom. The fourth-order valence-corrected chi connectivity index (χ4v) is 4.34. The highest BCUT2D eigenvalue weighted by molar-refractivity contribution is 7.89. The maximum atomic E-state index is 12.7. The van der Waals surface area contributed by atoms with Gasteiger partial charge >= 0.3 is 5.97 Å². The summed E-state index contributed by atoms with van der Waals surface area (Å²) in [5.74, 6) is -0.573. The van der Waals surface area contributed by atoms with Gasteiger partial charge in [0.1, 0.15) is 5.75 Å². The lowest BCUT2D eigenvalue weighted by Gasteiger charge is -2.26. The Morgan fingerprint density at radius 3 is 2.50 bits per heavy atom. The number of hydrogen-bond donors (Lipinski definition) is 0. The van der Waals surface area contributed by atoms with E-state index in [9.17, 15) is 13.2 Å². The molecule has 0 amide bonds. The van der Waals surface area contributed by atoms with Crippen LogP contribution in [-0.4, -0.2) is 45.0 Å². The molecule has 0 N–H and O–H groups in total. The summed E-state index contributed by atoms with van der Waals surface area (Å²) in [6.45, 7) is 1.24. The van der Waals surface area contributed by atoms with Gasteiger partial charge in [-0.25, -0.2) is 13.2 Å². The van der Waals surface area contributed by atoms with Gasteiger partial charge in [0.2, 0.25) is 10.0 Å². The minimum atomic E-state index is -3.70. The SMILES string of the molecule is O=C(Oc1ccc(Cl)cc1Cl)c1cccc(S(=O)(=O)N2CCOCC2)c1. The van der Waals surface area contributed by atoms with Crippen LogP contribution in [0.5, 0.6) is 5.75 Å². The molecule has 0 aromatic heterocycles. The lowest BCUT2D eigenvalue weighted by Crippen LogP contribution is -2.40. The fourth-order valence-electron chi connectivity index (χ4n) is 2.44. The number of nitrogens with zero attached hydrogens (tertiary/aromatic N) is 1. The molecule has 26 heavy (non-hydrogen) atoms. The maximum absolute atomic E-state index is 12.7. The Morgan fingerprint density at radius 1 is 1.08 bits per heavy atom. The van der Waals surface area contributed by atoms with E-state index >= 15 is 0 Å². The van der Waals surface area contributed by atoms with Gasteiger partial charge in [0.25, 0.3) is 0 Å². The number of rotatable bonds is 4. The van der Waals surface area contributed by atoms with E-state index in [1.165, 1.54) is 46.8 Å². The molecular formula is C17H15Cl2NO5S. The number of ether oxygens (including phenoxy) is 2. The first kappa shape index (κ1) is 19.1. The van der Waals surface area contributed by atoms with Gasteiger partial charge in [-0.2, -0.15) is 4.31 Å². The average molecular weight is 416 g/mol. The van der Waals surface area contributed by atoms with Crippen molar-refractivity contribution in [3.8, 4) is 5.75 Å². The summed E-state index contributed by atoms with van der Waals surface area (Å²) < 4.78 is 37.1. The molecule has 6 nitrogen and oxygen atoms in total. The zero-order valence-electron chi connectivity index (χ0n) is 13.5. The standard InChI is InChI=1S/C17H15Cl2NO5S/c18-13-4-5-16(15(19)11-13)25-17(21)12-2-1-3-14(10-12)26(22,23)20-6-8-24-9-7-20/h1-5,10-11H,6-9H2. The molecule has 0 atom stereocenters. The van der Waals surface area contributed by atoms with Gasteiger partial charge in [0.05, 0.1) is 28.7 Å². The number of morpholine rings is 1. The minimum Gasteiger partial charge on any atom is -0.421 e. The smallest absolute Gasteiger partial charge is 0.343 e. The predicted molar refractivity (Wildman–Crippen MR) is 97.4 cm³/mol. The van der Waals surface area contributed by atoms with Crippen molar-refractivity contribution in [2.24, 2.45) is 0 Å². The summed E-state index contributed by atoms with van der Waals surface area (Å²) >= 11 is 11.8. The van der Waals surface area contributed by atoms with E-state index in [2.05, 4.69) is 0 Å². The second kappa shape index (κ2) is 7.94. The summed E-state index contributed by atoms with van der Waals surface area (Å²) in [4.78, 5) is 12.4. The van der Waals surface area contributed by atoms with Crippen LogP contribution in [0.2, 0.25) is 10.0 Å². The van der Waals surface area contributed by atoms with Crippen LogP contribution < -0.4 is 4.74 Å². The van der Waals surface area contributed by atoms with Crippen LogP contribution >= 0.6 is 23.2 Å². The first-order valence-corrected chi connectivity index (χ1v) is 9.93. The molecule has 2 aromatic rings. The molecule has 0 saturated carbocycles. The van der Waals surface area contributed by atoms with Gasteiger partial charge in [0, 0.05) is 18.1 Å². The van der Waals surface area contributed by atoms with E-state index < -0.39 is 16.0 Å². The van der Waals surface area contributed by atoms with Gasteiger partial charge in [-0.15, -0.1) is 0 Å². The monoisotopic (exact) mass is 415 g/mol. The summed E-state index contributed by atoms with van der Waals surface area (Å²) in [6, 6.07) is 10.2. The zero-order chi connectivity index (χ0) is 18.7. The highest BCUT2D eigenvalue weighted by Gasteiger charge is 2.27. The van der Waals surface area contributed by atoms with Gasteiger partial charge in [-0.3, -0.25) is 0 Å². The molecule has 1 aliphatic heterocycles. The fraction of sp³-hybridized carbons (Fsp3) is 0.235. The van der Waals surface area contributed by atoms with Gasteiger partial charge in [0.15, 0.2) is 0 Å². The lowest BCUT2D eigenvalue weighted by molar-refractivity contribution is 0.0727. The molecule has 3 rings (SSSR count). The first-order chi connectivity index (χ1) is 12.4. The predicted octanol–water partition coefficient (Wildman–Crippen LogP) is 3.23. The number of benzene rings is 2. The number of carbonyl (C=O) groups excluding carboxylic acids is 1. The van der Waals surface area contributed by atoms with Crippen LogP contribution in [0, 0.1) is 0 Å². The van der Waals surface area contributed by atoms with Crippen LogP contribution in [-0.2, 0) is 14.8 Å². The Labute approximate surface area is 161 Å². The second-order valence-corrected chi connectivity index (χ2v) is 8.29. The van der Waals surface area contributed by atoms with Crippen molar-refractivity contribution in [1.82, 2.24) is 4.31 Å². The second-order valence-electron chi connectivity index (χ2n) is 5.51. The molecule has 2 aromatic carbocycles. The molecule has 1 heterocycles. The molecule has 0 radical (unpaired) electrons. The van der Waals surface area contributed by atoms with Crippen molar-refractivity contribution < 1.29 is 22.7 Å². The highest BCUT2D eigenvalue weighted by Crippen LogP contribution is 2.28. The molecule has 0 unspecified atom stereocenters. The first-order valence-electron chi connectivity index (χ1n) is 7.73. The number of hydrogen-bond acceptors (Lipinski definition) is 5. The zero-order valence-corrected chi connectivity index (χ0v) is 15.9. The Balaban J connectivity index is 1.83. The van der Waals surface area contributed by atoms with Crippen LogP contribution in [0.15, 0.2) is 47.4 Å². The Hall–Kier alpha value is -1.64. The van der Waals surface area contributed by atoms with Crippen LogP contribution in [0.1, 0.15) is 10.4 Å². The molecule has 1 fully saturated rings. The molecule has 138 valence electrons. The summed E-state index contributed by atoms with van der Waals surface area (Å²) in [7, 11) is -3.70. The molecule has 0 aliphatic carbocycles. The summed E-state index contributed by atoms with van der Waals surface area (Å²) in [5.41, 5.74) is 0.102. The third-order valence-electron chi connectivity index (χ3n) is 3.77. The van der Waals surface area contributed by atoms with Crippen molar-refractivity contribution in [2.45, 2.75) is 4.90 Å². The number of carbonyl (C=O) groups is 1. The van der Waals surface area contributed by atoms with Crippen molar-refractivity contribution in [2.75, 3.05) is 26.3 Å². The molecular weight excluding hydrogens is 401 g/mol. The van der Waals surface area contributed by atoms with Gasteiger partial charge in [-0.1, -0.05) is 29.3 Å². The largest absolute Gasteiger partial charge is 0.421 e. The number of esters is 1. The van der Waals surface area contributed by atoms with E-state index in [0.717, 1.165) is 0 Å². The van der Waals surface area contributed by atoms with Gasteiger partial charge in [-0.05, 0) is 36.4 Å². The highest BCUT2D eigenvalue weighted by atomic mass is 35.5. The molecule has 0 bridgehead atoms. The number of halogens is 2. The number of sulfonamides is 1. The molecule has 9 heteroatoms. The summed E-state index contributed by atoms with van der Waals surface area (Å²) in [6.07, 6.45) is 0. The van der Waals surface area contributed by atoms with Crippen LogP contribution in [0.25, 0.3) is 0 Å². The normalized spacial score (nSPS) is 15.6. The van der Waals surface area contributed by atoms with Gasteiger partial charge < -0.3 is 9.47 Å². The topological polar surface area (TPSA) is 72.9 Å². The lowest BCUT2D eigenvalue weighted by atomic mass is 10.2. The third kappa shape index (κ3) is 4.19. The van der Waals surface area contributed by atoms with Crippen molar-refractivity contribution in [3.63, 3.8) is 0 Å². The minimum absolute atomic E-state index is 0.0241. The summed E-state index contributed by atoms with van der Waals surface area (Å²) in [5, 5.41) is 0.594. The Bertz CT molecular complexity index is 927. The molecule has 1 aliphatic rings. The van der Waals surface area contributed by atoms with E-state index in [1.807, 2.05) is 0 Å². The third-order valence-corrected chi connectivity index (χ3v) is 6.20. The van der Waals surface area contributed by atoms with Crippen molar-refractivity contribution in [3.05, 3.63) is 58.1 Å². The van der Waals surface area contributed by atoms with E-state index in [-0.39, 0.29) is 34.3 Å². The van der Waals surface area contributed by atoms with Crippen molar-refractivity contribution >= 4 is 39.2 Å². The van der Waals surface area contributed by atoms with Crippen molar-refractivity contribution in [1.29, 1.82) is 0 Å². The molecule has 1 saturated heterocycles. The molecule has 0 spiro atoms. The van der Waals surface area contributed by atoms with E-state index in [0.29, 0.717) is 18.2 Å². The quantitative estimate of drug-likeness (QED) is 0.565. The Kier molecular flexibility index (Phi) is 5.84.